The smallest absolute Gasteiger partial charge is 0.375 e. The van der Waals surface area contributed by atoms with Gasteiger partial charge >= 0.3 is 11.9 Å². The number of aryl methyl sites for hydroxylation is 1. The lowest BCUT2D eigenvalue weighted by Gasteiger charge is -2.20. The van der Waals surface area contributed by atoms with Crippen molar-refractivity contribution in [1.82, 2.24) is 15.6 Å². The quantitative estimate of drug-likeness (QED) is 0.183. The Morgan fingerprint density at radius 1 is 0.951 bits per heavy atom. The molecule has 1 aromatic heterocycles. The minimum Gasteiger partial charge on any atom is -0.481 e. The average Bonchev–Trinajstić information content (AvgIpc) is 3.42. The summed E-state index contributed by atoms with van der Waals surface area (Å²) in [6, 6.07) is 16.6. The van der Waals surface area contributed by atoms with Crippen molar-refractivity contribution in [3.05, 3.63) is 89.1 Å². The van der Waals surface area contributed by atoms with E-state index >= 15 is 0 Å². The van der Waals surface area contributed by atoms with E-state index in [4.69, 9.17) is 14.3 Å². The number of ether oxygens (including phenoxy) is 1. The van der Waals surface area contributed by atoms with Gasteiger partial charge in [0.2, 0.25) is 11.7 Å². The number of carbonyl (C=O) groups excluding carboxylic acids is 3. The van der Waals surface area contributed by atoms with Crippen molar-refractivity contribution in [2.45, 2.75) is 71.1 Å². The number of carboxylic acid groups (broad SMARTS) is 1. The second kappa shape index (κ2) is 14.9. The van der Waals surface area contributed by atoms with Crippen LogP contribution in [-0.4, -0.2) is 45.9 Å². The molecule has 3 rings (SSSR count). The molecule has 1 atom stereocenters. The van der Waals surface area contributed by atoms with Crippen LogP contribution in [0, 0.1) is 0 Å². The minimum absolute atomic E-state index is 0.00663. The van der Waals surface area contributed by atoms with Gasteiger partial charge in [0.15, 0.2) is 5.69 Å². The average molecular weight is 564 g/mol. The molecule has 10 heteroatoms. The number of hydrogen-bond donors (Lipinski definition) is 3. The van der Waals surface area contributed by atoms with Crippen molar-refractivity contribution in [2.75, 3.05) is 6.54 Å². The molecule has 0 aliphatic rings. The number of carbonyl (C=O) groups is 4. The lowest BCUT2D eigenvalue weighted by molar-refractivity contribution is -0.162. The Kier molecular flexibility index (Phi) is 11.3. The van der Waals surface area contributed by atoms with Crippen LogP contribution in [0.25, 0.3) is 0 Å². The Hall–Kier alpha value is -4.31. The fourth-order valence-electron chi connectivity index (χ4n) is 4.08. The molecule has 218 valence electrons. The van der Waals surface area contributed by atoms with Gasteiger partial charge in [-0.05, 0) is 56.7 Å². The van der Waals surface area contributed by atoms with Crippen LogP contribution in [0.3, 0.4) is 0 Å². The first kappa shape index (κ1) is 31.2. The zero-order chi connectivity index (χ0) is 29.8. The fraction of sp³-hybridized carbons (Fsp3) is 0.387. The van der Waals surface area contributed by atoms with Crippen LogP contribution in [0.4, 0.5) is 0 Å². The third-order valence-corrected chi connectivity index (χ3v) is 6.15. The van der Waals surface area contributed by atoms with E-state index in [1.54, 1.807) is 20.8 Å². The summed E-state index contributed by atoms with van der Waals surface area (Å²) in [6.07, 6.45) is 2.31. The number of Topliss-reactive ketones (excluding diaryl/α,β-unsaturated/α-hetero) is 1. The van der Waals surface area contributed by atoms with Crippen LogP contribution in [-0.2, 0) is 38.5 Å². The maximum absolute atomic E-state index is 12.7. The molecule has 0 spiro atoms. The van der Waals surface area contributed by atoms with Gasteiger partial charge in [0.1, 0.15) is 11.9 Å². The highest BCUT2D eigenvalue weighted by Crippen LogP contribution is 2.21. The van der Waals surface area contributed by atoms with Gasteiger partial charge in [-0.15, -0.1) is 0 Å². The van der Waals surface area contributed by atoms with Crippen molar-refractivity contribution < 1.29 is 33.4 Å². The second-order valence-electron chi connectivity index (χ2n) is 10.6. The lowest BCUT2D eigenvalue weighted by atomic mass is 10.0. The monoisotopic (exact) mass is 563 g/mol. The van der Waals surface area contributed by atoms with Crippen LogP contribution in [0.1, 0.15) is 79.1 Å². The van der Waals surface area contributed by atoms with E-state index in [0.29, 0.717) is 25.9 Å². The highest BCUT2D eigenvalue weighted by atomic mass is 16.6. The molecule has 0 fully saturated rings. The molecule has 2 aromatic carbocycles. The van der Waals surface area contributed by atoms with E-state index in [0.717, 1.165) is 16.7 Å². The Labute approximate surface area is 239 Å². The van der Waals surface area contributed by atoms with Crippen molar-refractivity contribution in [1.29, 1.82) is 0 Å². The predicted molar refractivity (Wildman–Crippen MR) is 151 cm³/mol. The highest BCUT2D eigenvalue weighted by molar-refractivity contribution is 6.33. The number of oxazole rings is 1. The molecular formula is C31H37N3O7. The summed E-state index contributed by atoms with van der Waals surface area (Å²) in [5, 5.41) is 15.2. The number of carboxylic acids is 1. The number of rotatable bonds is 15. The number of benzene rings is 2. The van der Waals surface area contributed by atoms with Gasteiger partial charge in [-0.2, -0.15) is 0 Å². The Morgan fingerprint density at radius 2 is 1.63 bits per heavy atom. The van der Waals surface area contributed by atoms with Crippen LogP contribution in [0.15, 0.2) is 65.3 Å². The van der Waals surface area contributed by atoms with Crippen molar-refractivity contribution in [2.24, 2.45) is 0 Å². The van der Waals surface area contributed by atoms with E-state index < -0.39 is 35.3 Å². The van der Waals surface area contributed by atoms with Crippen LogP contribution >= 0.6 is 0 Å². The molecule has 10 nitrogen and oxygen atoms in total. The molecule has 0 saturated heterocycles. The van der Waals surface area contributed by atoms with Gasteiger partial charge in [-0.25, -0.2) is 9.78 Å². The molecule has 1 heterocycles. The van der Waals surface area contributed by atoms with Crippen LogP contribution < -0.4 is 10.6 Å². The summed E-state index contributed by atoms with van der Waals surface area (Å²) >= 11 is 0. The highest BCUT2D eigenvalue weighted by Gasteiger charge is 2.26. The second-order valence-corrected chi connectivity index (χ2v) is 10.6. The molecule has 0 aliphatic carbocycles. The molecule has 0 radical (unpaired) electrons. The van der Waals surface area contributed by atoms with E-state index in [-0.39, 0.29) is 30.8 Å². The van der Waals surface area contributed by atoms with E-state index in [1.807, 2.05) is 54.6 Å². The van der Waals surface area contributed by atoms with Crippen LogP contribution in [0.2, 0.25) is 0 Å². The maximum Gasteiger partial charge on any atom is 0.375 e. The third kappa shape index (κ3) is 10.6. The molecule has 1 unspecified atom stereocenters. The molecular weight excluding hydrogens is 526 g/mol. The standard InChI is InChI=1S/C31H37N3O7/c1-31(2,3)41-30(39)26(35)15-14-24(33-19-23-12-8-7-11-22(23)13-16-27(36)37)29-34-25(20-40-29)28(38)32-18-17-21-9-5-4-6-10-21/h4-12,20,24,33H,13-19H2,1-3H3,(H,32,38)(H,36,37). The third-order valence-electron chi connectivity index (χ3n) is 6.15. The first-order valence-electron chi connectivity index (χ1n) is 13.6. The SMILES string of the molecule is CC(C)(C)OC(=O)C(=O)CCC(NCc1ccccc1CCC(=O)O)c1nc(C(=O)NCCc2ccccc2)co1. The number of aliphatic carboxylic acids is 1. The summed E-state index contributed by atoms with van der Waals surface area (Å²) in [5.41, 5.74) is 2.14. The molecule has 0 saturated carbocycles. The summed E-state index contributed by atoms with van der Waals surface area (Å²) < 4.78 is 10.8. The van der Waals surface area contributed by atoms with Crippen molar-refractivity contribution >= 4 is 23.6 Å². The van der Waals surface area contributed by atoms with Crippen molar-refractivity contribution in [3.63, 3.8) is 0 Å². The molecule has 3 aromatic rings. The van der Waals surface area contributed by atoms with Gasteiger partial charge in [0, 0.05) is 25.9 Å². The Morgan fingerprint density at radius 3 is 2.32 bits per heavy atom. The Bertz CT molecular complexity index is 1330. The zero-order valence-electron chi connectivity index (χ0n) is 23.6. The van der Waals surface area contributed by atoms with E-state index in [1.165, 1.54) is 6.26 Å². The first-order chi connectivity index (χ1) is 19.5. The van der Waals surface area contributed by atoms with Crippen molar-refractivity contribution in [3.8, 4) is 0 Å². The molecule has 1 amide bonds. The topological polar surface area (TPSA) is 148 Å². The number of nitrogens with zero attached hydrogens (tertiary/aromatic N) is 1. The first-order valence-corrected chi connectivity index (χ1v) is 13.6. The number of esters is 1. The zero-order valence-corrected chi connectivity index (χ0v) is 23.6. The largest absolute Gasteiger partial charge is 0.481 e. The van der Waals surface area contributed by atoms with Gasteiger partial charge in [0.25, 0.3) is 5.91 Å². The number of ketones is 1. The number of amides is 1. The summed E-state index contributed by atoms with van der Waals surface area (Å²) in [4.78, 5) is 52.9. The van der Waals surface area contributed by atoms with Gasteiger partial charge in [-0.3, -0.25) is 14.4 Å². The number of nitrogens with one attached hydrogen (secondary N) is 2. The van der Waals surface area contributed by atoms with Gasteiger partial charge < -0.3 is 24.9 Å². The summed E-state index contributed by atoms with van der Waals surface area (Å²) in [7, 11) is 0. The van der Waals surface area contributed by atoms with Crippen LogP contribution in [0.5, 0.6) is 0 Å². The Balaban J connectivity index is 1.69. The molecule has 41 heavy (non-hydrogen) atoms. The molecule has 0 aliphatic heterocycles. The van der Waals surface area contributed by atoms with Gasteiger partial charge in [-0.1, -0.05) is 54.6 Å². The maximum atomic E-state index is 12.7. The molecule has 3 N–H and O–H groups in total. The number of hydrogen-bond acceptors (Lipinski definition) is 8. The van der Waals surface area contributed by atoms with E-state index in [2.05, 4.69) is 15.6 Å². The normalized spacial score (nSPS) is 12.0. The summed E-state index contributed by atoms with van der Waals surface area (Å²) in [6.45, 7) is 5.79. The number of aromatic nitrogens is 1. The summed E-state index contributed by atoms with van der Waals surface area (Å²) in [5.74, 6) is -2.68. The lowest BCUT2D eigenvalue weighted by Crippen LogP contribution is -2.30. The molecule has 0 bridgehead atoms. The minimum atomic E-state index is -0.916. The fourth-order valence-corrected chi connectivity index (χ4v) is 4.08. The predicted octanol–water partition coefficient (Wildman–Crippen LogP) is 4.19. The van der Waals surface area contributed by atoms with E-state index in [9.17, 15) is 19.2 Å². The van der Waals surface area contributed by atoms with Gasteiger partial charge in [0.05, 0.1) is 6.04 Å².